The van der Waals surface area contributed by atoms with E-state index < -0.39 is 0 Å². The second-order valence-corrected chi connectivity index (χ2v) is 6.98. The van der Waals surface area contributed by atoms with Gasteiger partial charge in [0.25, 0.3) is 0 Å². The Morgan fingerprint density at radius 2 is 2.16 bits per heavy atom. The molecule has 0 spiro atoms. The van der Waals surface area contributed by atoms with Crippen LogP contribution in [-0.2, 0) is 11.2 Å². The molecule has 1 aliphatic heterocycles. The van der Waals surface area contributed by atoms with E-state index in [-0.39, 0.29) is 17.6 Å². The van der Waals surface area contributed by atoms with Gasteiger partial charge in [-0.25, -0.2) is 0 Å². The molecule has 0 saturated carbocycles. The van der Waals surface area contributed by atoms with E-state index in [1.807, 2.05) is 30.0 Å². The number of hydrogen-bond donors (Lipinski definition) is 0. The van der Waals surface area contributed by atoms with Gasteiger partial charge in [-0.3, -0.25) is 14.6 Å². The van der Waals surface area contributed by atoms with E-state index in [9.17, 15) is 9.59 Å². The number of carbonyl (C=O) groups is 2. The Morgan fingerprint density at radius 1 is 1.32 bits per heavy atom. The number of pyridine rings is 1. The lowest BCUT2D eigenvalue weighted by atomic mass is 9.88. The van der Waals surface area contributed by atoms with Crippen LogP contribution in [0.25, 0.3) is 0 Å². The number of amides is 1. The first-order valence-corrected chi connectivity index (χ1v) is 8.89. The van der Waals surface area contributed by atoms with Gasteiger partial charge in [-0.15, -0.1) is 0 Å². The third-order valence-corrected chi connectivity index (χ3v) is 4.91. The molecule has 1 aromatic carbocycles. The van der Waals surface area contributed by atoms with Gasteiger partial charge in [-0.2, -0.15) is 0 Å². The third kappa shape index (κ3) is 4.26. The molecule has 0 bridgehead atoms. The van der Waals surface area contributed by atoms with Crippen LogP contribution in [0.4, 0.5) is 0 Å². The van der Waals surface area contributed by atoms with Crippen molar-refractivity contribution in [2.45, 2.75) is 26.2 Å². The molecule has 0 N–H and O–H groups in total. The predicted molar refractivity (Wildman–Crippen MR) is 97.8 cm³/mol. The van der Waals surface area contributed by atoms with Gasteiger partial charge in [-0.05, 0) is 55.2 Å². The van der Waals surface area contributed by atoms with Crippen molar-refractivity contribution in [3.05, 3.63) is 64.4 Å². The summed E-state index contributed by atoms with van der Waals surface area (Å²) in [4.78, 5) is 31.3. The second-order valence-electron chi connectivity index (χ2n) is 6.54. The van der Waals surface area contributed by atoms with Crippen molar-refractivity contribution >= 4 is 23.3 Å². The largest absolute Gasteiger partial charge is 0.342 e. The molecule has 5 heteroatoms. The number of Topliss-reactive ketones (excluding diaryl/α,β-unsaturated/α-hetero) is 1. The van der Waals surface area contributed by atoms with Gasteiger partial charge in [0.2, 0.25) is 5.91 Å². The predicted octanol–water partition coefficient (Wildman–Crippen LogP) is 3.71. The summed E-state index contributed by atoms with van der Waals surface area (Å²) in [5, 5.41) is 0.631. The minimum Gasteiger partial charge on any atom is -0.342 e. The van der Waals surface area contributed by atoms with Crippen molar-refractivity contribution in [1.29, 1.82) is 0 Å². The molecule has 1 atom stereocenters. The van der Waals surface area contributed by atoms with Crippen LogP contribution in [0.3, 0.4) is 0 Å². The molecule has 1 fully saturated rings. The van der Waals surface area contributed by atoms with Gasteiger partial charge in [-0.1, -0.05) is 17.7 Å². The van der Waals surface area contributed by atoms with Crippen molar-refractivity contribution < 1.29 is 9.59 Å². The molecule has 130 valence electrons. The molecule has 3 rings (SSSR count). The number of aryl methyl sites for hydroxylation is 1. The van der Waals surface area contributed by atoms with E-state index in [4.69, 9.17) is 11.6 Å². The van der Waals surface area contributed by atoms with Gasteiger partial charge in [0.15, 0.2) is 5.78 Å². The molecular formula is C20H21ClN2O2. The zero-order valence-corrected chi connectivity index (χ0v) is 15.0. The third-order valence-electron chi connectivity index (χ3n) is 4.68. The Labute approximate surface area is 152 Å². The number of hydrogen-bond acceptors (Lipinski definition) is 3. The Bertz CT molecular complexity index is 777. The van der Waals surface area contributed by atoms with Gasteiger partial charge in [0.05, 0.1) is 6.42 Å². The molecule has 1 amide bonds. The molecule has 1 unspecified atom stereocenters. The number of piperidine rings is 1. The molecule has 4 nitrogen and oxygen atoms in total. The molecule has 1 aliphatic rings. The molecular weight excluding hydrogens is 336 g/mol. The first-order chi connectivity index (χ1) is 12.0. The number of likely N-dealkylation sites (tertiary alicyclic amines) is 1. The molecule has 0 aliphatic carbocycles. The lowest BCUT2D eigenvalue weighted by molar-refractivity contribution is -0.131. The summed E-state index contributed by atoms with van der Waals surface area (Å²) < 4.78 is 0. The summed E-state index contributed by atoms with van der Waals surface area (Å²) in [7, 11) is 0. The van der Waals surface area contributed by atoms with Crippen molar-refractivity contribution in [2.24, 2.45) is 5.92 Å². The summed E-state index contributed by atoms with van der Waals surface area (Å²) in [5.74, 6) is 0.0119. The van der Waals surface area contributed by atoms with Gasteiger partial charge < -0.3 is 4.90 Å². The zero-order chi connectivity index (χ0) is 17.8. The van der Waals surface area contributed by atoms with Crippen molar-refractivity contribution in [1.82, 2.24) is 9.88 Å². The second kappa shape index (κ2) is 7.79. The normalized spacial score (nSPS) is 17.4. The van der Waals surface area contributed by atoms with E-state index in [0.29, 0.717) is 30.1 Å². The highest BCUT2D eigenvalue weighted by Gasteiger charge is 2.29. The van der Waals surface area contributed by atoms with E-state index in [1.165, 1.54) is 0 Å². The highest BCUT2D eigenvalue weighted by atomic mass is 35.5. The summed E-state index contributed by atoms with van der Waals surface area (Å²) in [6.45, 7) is 3.09. The fraction of sp³-hybridized carbons (Fsp3) is 0.350. The monoisotopic (exact) mass is 356 g/mol. The summed E-state index contributed by atoms with van der Waals surface area (Å²) >= 11 is 5.98. The van der Waals surface area contributed by atoms with Crippen LogP contribution in [0.15, 0.2) is 42.7 Å². The maximum atomic E-state index is 12.9. The van der Waals surface area contributed by atoms with Crippen molar-refractivity contribution in [3.8, 4) is 0 Å². The average molecular weight is 357 g/mol. The van der Waals surface area contributed by atoms with Crippen LogP contribution in [0, 0.1) is 12.8 Å². The van der Waals surface area contributed by atoms with E-state index >= 15 is 0 Å². The fourth-order valence-corrected chi connectivity index (χ4v) is 3.56. The van der Waals surface area contributed by atoms with Crippen LogP contribution >= 0.6 is 11.6 Å². The summed E-state index contributed by atoms with van der Waals surface area (Å²) in [5.41, 5.74) is 2.49. The SMILES string of the molecule is Cc1cc(Cl)ccc1C(=O)C1CCCN(C(=O)Cc2cccnc2)C1. The molecule has 2 aromatic rings. The maximum Gasteiger partial charge on any atom is 0.227 e. The fourth-order valence-electron chi connectivity index (χ4n) is 3.33. The topological polar surface area (TPSA) is 50.3 Å². The molecule has 0 radical (unpaired) electrons. The standard InChI is InChI=1S/C20H21ClN2O2/c1-14-10-17(21)6-7-18(14)20(25)16-5-3-9-23(13-16)19(24)11-15-4-2-8-22-12-15/h2,4,6-8,10,12,16H,3,5,9,11,13H2,1H3. The van der Waals surface area contributed by atoms with Crippen molar-refractivity contribution in [3.63, 3.8) is 0 Å². The van der Waals surface area contributed by atoms with Crippen LogP contribution in [-0.4, -0.2) is 34.7 Å². The Morgan fingerprint density at radius 3 is 2.88 bits per heavy atom. The quantitative estimate of drug-likeness (QED) is 0.785. The number of carbonyl (C=O) groups excluding carboxylic acids is 2. The van der Waals surface area contributed by atoms with Crippen LogP contribution in [0.1, 0.15) is 34.3 Å². The first-order valence-electron chi connectivity index (χ1n) is 8.51. The lowest BCUT2D eigenvalue weighted by Crippen LogP contribution is -2.43. The number of halogens is 1. The van der Waals surface area contributed by atoms with Crippen LogP contribution in [0.2, 0.25) is 5.02 Å². The Balaban J connectivity index is 1.68. The summed E-state index contributed by atoms with van der Waals surface area (Å²) in [6, 6.07) is 9.07. The number of aromatic nitrogens is 1. The lowest BCUT2D eigenvalue weighted by Gasteiger charge is -2.32. The zero-order valence-electron chi connectivity index (χ0n) is 14.2. The van der Waals surface area contributed by atoms with E-state index in [0.717, 1.165) is 24.0 Å². The van der Waals surface area contributed by atoms with Crippen LogP contribution < -0.4 is 0 Å². The van der Waals surface area contributed by atoms with E-state index in [2.05, 4.69) is 4.98 Å². The minimum atomic E-state index is -0.147. The minimum absolute atomic E-state index is 0.0540. The van der Waals surface area contributed by atoms with Gasteiger partial charge >= 0.3 is 0 Å². The van der Waals surface area contributed by atoms with Gasteiger partial charge in [0, 0.05) is 42.0 Å². The summed E-state index contributed by atoms with van der Waals surface area (Å²) in [6.07, 6.45) is 5.40. The molecule has 25 heavy (non-hydrogen) atoms. The highest BCUT2D eigenvalue weighted by Crippen LogP contribution is 2.24. The number of rotatable bonds is 4. The molecule has 2 heterocycles. The number of nitrogens with zero attached hydrogens (tertiary/aromatic N) is 2. The molecule has 1 saturated heterocycles. The Hall–Kier alpha value is -2.20. The number of ketones is 1. The van der Waals surface area contributed by atoms with Crippen LogP contribution in [0.5, 0.6) is 0 Å². The van der Waals surface area contributed by atoms with E-state index in [1.54, 1.807) is 24.5 Å². The van der Waals surface area contributed by atoms with Gasteiger partial charge in [0.1, 0.15) is 0 Å². The maximum absolute atomic E-state index is 12.9. The molecule has 1 aromatic heterocycles. The number of benzene rings is 1. The highest BCUT2D eigenvalue weighted by molar-refractivity contribution is 6.30. The smallest absolute Gasteiger partial charge is 0.227 e. The van der Waals surface area contributed by atoms with Crippen molar-refractivity contribution in [2.75, 3.05) is 13.1 Å². The Kier molecular flexibility index (Phi) is 5.49. The average Bonchev–Trinajstić information content (AvgIpc) is 2.62. The first kappa shape index (κ1) is 17.6.